The van der Waals surface area contributed by atoms with Crippen molar-refractivity contribution < 1.29 is 4.74 Å². The van der Waals surface area contributed by atoms with E-state index in [0.717, 1.165) is 22.4 Å². The number of hydrogen-bond donors (Lipinski definition) is 1. The van der Waals surface area contributed by atoms with Gasteiger partial charge < -0.3 is 9.72 Å². The van der Waals surface area contributed by atoms with Crippen molar-refractivity contribution in [1.82, 2.24) is 9.97 Å². The fourth-order valence-electron chi connectivity index (χ4n) is 2.55. The summed E-state index contributed by atoms with van der Waals surface area (Å²) in [6, 6.07) is 6.08. The van der Waals surface area contributed by atoms with E-state index < -0.39 is 0 Å². The van der Waals surface area contributed by atoms with Crippen LogP contribution in [0.2, 0.25) is 0 Å². The van der Waals surface area contributed by atoms with Crippen LogP contribution in [0.25, 0.3) is 11.4 Å². The average molecular weight is 256 g/mol. The van der Waals surface area contributed by atoms with Crippen LogP contribution in [0.15, 0.2) is 23.0 Å². The topological polar surface area (TPSA) is 55.0 Å². The summed E-state index contributed by atoms with van der Waals surface area (Å²) < 4.78 is 5.31. The van der Waals surface area contributed by atoms with Gasteiger partial charge in [0.15, 0.2) is 0 Å². The van der Waals surface area contributed by atoms with E-state index in [9.17, 15) is 4.79 Å². The Bertz CT molecular complexity index is 669. The second-order valence-electron chi connectivity index (χ2n) is 4.91. The highest BCUT2D eigenvalue weighted by Crippen LogP contribution is 2.24. The Hall–Kier alpha value is -1.94. The second-order valence-corrected chi connectivity index (χ2v) is 4.91. The van der Waals surface area contributed by atoms with Crippen LogP contribution in [0.4, 0.5) is 0 Å². The van der Waals surface area contributed by atoms with E-state index in [0.29, 0.717) is 31.0 Å². The van der Waals surface area contributed by atoms with Gasteiger partial charge >= 0.3 is 0 Å². The molecule has 1 aliphatic heterocycles. The predicted octanol–water partition coefficient (Wildman–Crippen LogP) is 2.13. The molecular formula is C15H16N2O2. The monoisotopic (exact) mass is 256 g/mol. The second kappa shape index (κ2) is 4.63. The maximum Gasteiger partial charge on any atom is 0.256 e. The first-order valence-corrected chi connectivity index (χ1v) is 6.43. The van der Waals surface area contributed by atoms with E-state index in [1.807, 2.05) is 32.0 Å². The molecule has 1 aromatic carbocycles. The van der Waals surface area contributed by atoms with E-state index in [1.165, 1.54) is 0 Å². The lowest BCUT2D eigenvalue weighted by molar-refractivity contribution is 0.108. The van der Waals surface area contributed by atoms with Gasteiger partial charge in [-0.1, -0.05) is 18.2 Å². The van der Waals surface area contributed by atoms with Crippen LogP contribution in [0.1, 0.15) is 22.4 Å². The summed E-state index contributed by atoms with van der Waals surface area (Å²) >= 11 is 0. The molecule has 3 rings (SSSR count). The molecular weight excluding hydrogens is 240 g/mol. The van der Waals surface area contributed by atoms with Crippen LogP contribution in [-0.2, 0) is 17.8 Å². The van der Waals surface area contributed by atoms with Crippen molar-refractivity contribution in [3.05, 3.63) is 50.9 Å². The van der Waals surface area contributed by atoms with Gasteiger partial charge in [-0.3, -0.25) is 4.79 Å². The summed E-state index contributed by atoms with van der Waals surface area (Å²) in [6.45, 7) is 5.07. The summed E-state index contributed by atoms with van der Waals surface area (Å²) in [7, 11) is 0. The van der Waals surface area contributed by atoms with E-state index in [2.05, 4.69) is 9.97 Å². The van der Waals surface area contributed by atoms with E-state index >= 15 is 0 Å². The number of H-pyrrole nitrogens is 1. The molecule has 1 aromatic heterocycles. The molecule has 2 heterocycles. The number of benzene rings is 1. The maximum atomic E-state index is 12.1. The summed E-state index contributed by atoms with van der Waals surface area (Å²) in [5.41, 5.74) is 4.72. The van der Waals surface area contributed by atoms with Crippen LogP contribution in [0.3, 0.4) is 0 Å². The van der Waals surface area contributed by atoms with E-state index in [4.69, 9.17) is 4.74 Å². The number of aryl methyl sites for hydroxylation is 2. The first-order valence-electron chi connectivity index (χ1n) is 6.43. The van der Waals surface area contributed by atoms with Gasteiger partial charge in [-0.15, -0.1) is 0 Å². The number of ether oxygens (including phenoxy) is 1. The third-order valence-corrected chi connectivity index (χ3v) is 3.55. The van der Waals surface area contributed by atoms with Gasteiger partial charge in [-0.05, 0) is 25.0 Å². The molecule has 0 amide bonds. The van der Waals surface area contributed by atoms with E-state index in [-0.39, 0.29) is 5.56 Å². The molecule has 98 valence electrons. The summed E-state index contributed by atoms with van der Waals surface area (Å²) in [5, 5.41) is 0. The predicted molar refractivity (Wildman–Crippen MR) is 73.1 cm³/mol. The van der Waals surface area contributed by atoms with Crippen molar-refractivity contribution in [3.8, 4) is 11.4 Å². The Labute approximate surface area is 111 Å². The zero-order valence-electron chi connectivity index (χ0n) is 11.1. The van der Waals surface area contributed by atoms with Gasteiger partial charge in [0, 0.05) is 12.0 Å². The van der Waals surface area contributed by atoms with Crippen LogP contribution < -0.4 is 5.56 Å². The van der Waals surface area contributed by atoms with Gasteiger partial charge in [0.05, 0.1) is 24.5 Å². The van der Waals surface area contributed by atoms with Gasteiger partial charge in [0.25, 0.3) is 5.56 Å². The van der Waals surface area contributed by atoms with Crippen molar-refractivity contribution in [2.75, 3.05) is 6.61 Å². The van der Waals surface area contributed by atoms with Crippen molar-refractivity contribution in [2.24, 2.45) is 0 Å². The minimum Gasteiger partial charge on any atom is -0.376 e. The highest BCUT2D eigenvalue weighted by molar-refractivity contribution is 5.64. The normalized spacial score (nSPS) is 14.2. The van der Waals surface area contributed by atoms with Crippen molar-refractivity contribution >= 4 is 0 Å². The Morgan fingerprint density at radius 2 is 2.00 bits per heavy atom. The Morgan fingerprint density at radius 1 is 1.26 bits per heavy atom. The lowest BCUT2D eigenvalue weighted by Gasteiger charge is -2.16. The zero-order chi connectivity index (χ0) is 13.4. The Kier molecular flexibility index (Phi) is 2.95. The number of rotatable bonds is 1. The molecule has 1 N–H and O–H groups in total. The molecule has 0 saturated carbocycles. The zero-order valence-corrected chi connectivity index (χ0v) is 11.1. The fraction of sp³-hybridized carbons (Fsp3) is 0.333. The number of hydrogen-bond acceptors (Lipinski definition) is 3. The lowest BCUT2D eigenvalue weighted by Crippen LogP contribution is -2.24. The Balaban J connectivity index is 2.22. The van der Waals surface area contributed by atoms with Crippen LogP contribution in [0, 0.1) is 13.8 Å². The Morgan fingerprint density at radius 3 is 2.74 bits per heavy atom. The highest BCUT2D eigenvalue weighted by atomic mass is 16.5. The maximum absolute atomic E-state index is 12.1. The highest BCUT2D eigenvalue weighted by Gasteiger charge is 2.17. The molecule has 2 aromatic rings. The molecule has 0 unspecified atom stereocenters. The van der Waals surface area contributed by atoms with Gasteiger partial charge in [0.2, 0.25) is 0 Å². The van der Waals surface area contributed by atoms with Crippen molar-refractivity contribution in [1.29, 1.82) is 0 Å². The molecule has 0 aliphatic carbocycles. The first-order chi connectivity index (χ1) is 9.16. The van der Waals surface area contributed by atoms with Crippen molar-refractivity contribution in [2.45, 2.75) is 26.9 Å². The third kappa shape index (κ3) is 2.08. The number of aromatic nitrogens is 2. The average Bonchev–Trinajstić information content (AvgIpc) is 2.38. The lowest BCUT2D eigenvalue weighted by atomic mass is 10.0. The van der Waals surface area contributed by atoms with Crippen LogP contribution in [-0.4, -0.2) is 16.6 Å². The minimum absolute atomic E-state index is 0.0812. The molecule has 0 bridgehead atoms. The van der Waals surface area contributed by atoms with Crippen LogP contribution >= 0.6 is 0 Å². The largest absolute Gasteiger partial charge is 0.376 e. The fourth-order valence-corrected chi connectivity index (χ4v) is 2.55. The number of fused-ring (bicyclic) bond motifs is 1. The molecule has 0 radical (unpaired) electrons. The molecule has 0 saturated heterocycles. The molecule has 0 fully saturated rings. The standard InChI is InChI=1S/C15H16N2O2/c1-9-4-3-5-10(2)13(9)14-16-12-6-7-19-8-11(12)15(18)17-14/h3-5H,6-8H2,1-2H3,(H,16,17,18). The summed E-state index contributed by atoms with van der Waals surface area (Å²) in [5.74, 6) is 0.668. The van der Waals surface area contributed by atoms with E-state index in [1.54, 1.807) is 0 Å². The number of nitrogens with one attached hydrogen (secondary N) is 1. The first kappa shape index (κ1) is 12.1. The summed E-state index contributed by atoms with van der Waals surface area (Å²) in [6.07, 6.45) is 0.706. The smallest absolute Gasteiger partial charge is 0.256 e. The molecule has 0 spiro atoms. The quantitative estimate of drug-likeness (QED) is 0.850. The minimum atomic E-state index is -0.0812. The molecule has 4 nitrogen and oxygen atoms in total. The number of nitrogens with zero attached hydrogens (tertiary/aromatic N) is 1. The van der Waals surface area contributed by atoms with Gasteiger partial charge in [0.1, 0.15) is 5.82 Å². The number of aromatic amines is 1. The van der Waals surface area contributed by atoms with Gasteiger partial charge in [-0.2, -0.15) is 0 Å². The third-order valence-electron chi connectivity index (χ3n) is 3.55. The molecule has 19 heavy (non-hydrogen) atoms. The van der Waals surface area contributed by atoms with Crippen molar-refractivity contribution in [3.63, 3.8) is 0 Å². The molecule has 4 heteroatoms. The van der Waals surface area contributed by atoms with Gasteiger partial charge in [-0.25, -0.2) is 4.98 Å². The molecule has 1 aliphatic rings. The molecule has 0 atom stereocenters. The van der Waals surface area contributed by atoms with Crippen LogP contribution in [0.5, 0.6) is 0 Å². The SMILES string of the molecule is Cc1cccc(C)c1-c1nc2c(c(=O)[nH]1)COCC2. The summed E-state index contributed by atoms with van der Waals surface area (Å²) in [4.78, 5) is 19.6.